The molecule has 7 nitrogen and oxygen atoms in total. The lowest BCUT2D eigenvalue weighted by molar-refractivity contribution is 0.0993. The number of likely N-dealkylation sites (N-methyl/N-ethyl adjacent to an activating group) is 1. The van der Waals surface area contributed by atoms with Crippen LogP contribution in [0.4, 0.5) is 11.4 Å². The number of carbonyl (C=O) groups excluding carboxylic acids is 1. The zero-order chi connectivity index (χ0) is 26.2. The average molecular weight is 506 g/mol. The predicted molar refractivity (Wildman–Crippen MR) is 153 cm³/mol. The largest absolute Gasteiger partial charge is 0.470 e. The van der Waals surface area contributed by atoms with Gasteiger partial charge in [0.2, 0.25) is 0 Å². The van der Waals surface area contributed by atoms with Gasteiger partial charge in [0.1, 0.15) is 11.9 Å². The summed E-state index contributed by atoms with van der Waals surface area (Å²) < 4.78 is 5.11. The number of amides is 1. The van der Waals surface area contributed by atoms with Crippen molar-refractivity contribution in [2.75, 3.05) is 50.1 Å². The van der Waals surface area contributed by atoms with E-state index in [0.29, 0.717) is 5.56 Å². The van der Waals surface area contributed by atoms with Crippen molar-refractivity contribution in [3.05, 3.63) is 90.6 Å². The van der Waals surface area contributed by atoms with Gasteiger partial charge in [-0.3, -0.25) is 4.79 Å². The minimum absolute atomic E-state index is 0.0868. The number of benzene rings is 2. The quantitative estimate of drug-likeness (QED) is 0.326. The maximum atomic E-state index is 12.9. The second-order valence-electron chi connectivity index (χ2n) is 10.0. The van der Waals surface area contributed by atoms with Crippen molar-refractivity contribution in [1.82, 2.24) is 14.9 Å². The third kappa shape index (κ3) is 4.46. The Morgan fingerprint density at radius 3 is 2.45 bits per heavy atom. The number of rotatable bonds is 5. The summed E-state index contributed by atoms with van der Waals surface area (Å²) in [5, 5.41) is 1.05. The molecule has 0 atom stereocenters. The number of piperazine rings is 1. The number of H-pyrrole nitrogens is 1. The molecule has 1 saturated heterocycles. The molecule has 2 aromatic carbocycles. The molecular formula is C31H31N5O2. The second-order valence-corrected chi connectivity index (χ2v) is 10.0. The number of aromatic amines is 1. The molecule has 0 spiro atoms. The van der Waals surface area contributed by atoms with Crippen LogP contribution in [0.25, 0.3) is 33.3 Å². The number of furan rings is 1. The van der Waals surface area contributed by atoms with E-state index in [0.717, 1.165) is 65.2 Å². The first-order chi connectivity index (χ1) is 18.5. The molecule has 4 heterocycles. The van der Waals surface area contributed by atoms with Gasteiger partial charge in [-0.2, -0.15) is 0 Å². The van der Waals surface area contributed by atoms with E-state index in [9.17, 15) is 4.79 Å². The van der Waals surface area contributed by atoms with Crippen molar-refractivity contribution in [1.29, 1.82) is 0 Å². The lowest BCUT2D eigenvalue weighted by Gasteiger charge is -2.35. The number of fused-ring (bicyclic) bond motifs is 1. The highest BCUT2D eigenvalue weighted by Gasteiger charge is 2.18. The van der Waals surface area contributed by atoms with Gasteiger partial charge in [-0.25, -0.2) is 4.98 Å². The summed E-state index contributed by atoms with van der Waals surface area (Å²) in [7, 11) is 3.93. The molecule has 1 aliphatic rings. The summed E-state index contributed by atoms with van der Waals surface area (Å²) in [5.41, 5.74) is 9.10. The molecule has 0 saturated carbocycles. The maximum Gasteiger partial charge on any atom is 0.258 e. The molecule has 192 valence electrons. The van der Waals surface area contributed by atoms with Crippen molar-refractivity contribution in [3.63, 3.8) is 0 Å². The Hall–Kier alpha value is -4.36. The van der Waals surface area contributed by atoms with Crippen LogP contribution >= 0.6 is 0 Å². The highest BCUT2D eigenvalue weighted by atomic mass is 16.3. The summed E-state index contributed by atoms with van der Waals surface area (Å²) in [5.74, 6) is -0.0868. The van der Waals surface area contributed by atoms with Crippen molar-refractivity contribution >= 4 is 28.3 Å². The molecule has 1 aliphatic heterocycles. The number of nitrogens with one attached hydrogen (secondary N) is 1. The molecule has 5 aromatic rings. The number of carbonyl (C=O) groups is 1. The second kappa shape index (κ2) is 9.84. The molecule has 3 aromatic heterocycles. The van der Waals surface area contributed by atoms with E-state index in [1.54, 1.807) is 30.5 Å². The zero-order valence-corrected chi connectivity index (χ0v) is 21.9. The van der Waals surface area contributed by atoms with Crippen LogP contribution in [0.5, 0.6) is 0 Å². The summed E-state index contributed by atoms with van der Waals surface area (Å²) in [4.78, 5) is 27.3. The summed E-state index contributed by atoms with van der Waals surface area (Å²) in [6, 6.07) is 18.4. The Bertz CT molecular complexity index is 1580. The highest BCUT2D eigenvalue weighted by molar-refractivity contribution is 6.06. The van der Waals surface area contributed by atoms with Crippen LogP contribution in [-0.4, -0.2) is 61.0 Å². The first kappa shape index (κ1) is 24.0. The molecule has 0 aliphatic carbocycles. The zero-order valence-electron chi connectivity index (χ0n) is 21.9. The van der Waals surface area contributed by atoms with Crippen molar-refractivity contribution < 1.29 is 9.21 Å². The standard InChI is InChI=1S/C31H31N5O2/c1-21-16-24(8-9-29(21)36-13-11-34(2)12-14-36)25-17-27-28(19-33-30(27)32-18-25)22-4-6-23(7-5-22)31(37)35(3)26-10-15-38-20-26/h4-10,15-20H,11-14H2,1-3H3,(H,32,33). The van der Waals surface area contributed by atoms with E-state index in [4.69, 9.17) is 9.40 Å². The van der Waals surface area contributed by atoms with Crippen LogP contribution < -0.4 is 9.80 Å². The van der Waals surface area contributed by atoms with E-state index >= 15 is 0 Å². The fourth-order valence-electron chi connectivity index (χ4n) is 5.19. The van der Waals surface area contributed by atoms with E-state index in [2.05, 4.69) is 53.0 Å². The number of hydrogen-bond donors (Lipinski definition) is 1. The molecule has 6 rings (SSSR count). The fraction of sp³-hybridized carbons (Fsp3) is 0.226. The highest BCUT2D eigenvalue weighted by Crippen LogP contribution is 2.33. The van der Waals surface area contributed by atoms with Gasteiger partial charge in [-0.05, 0) is 61.0 Å². The average Bonchev–Trinajstić information content (AvgIpc) is 3.63. The van der Waals surface area contributed by atoms with Gasteiger partial charge < -0.3 is 24.1 Å². The SMILES string of the molecule is Cc1cc(-c2cnc3[nH]cc(-c4ccc(C(=O)N(C)c5ccoc5)cc4)c3c2)ccc1N1CCN(C)CC1. The smallest absolute Gasteiger partial charge is 0.258 e. The van der Waals surface area contributed by atoms with E-state index in [1.807, 2.05) is 36.7 Å². The molecule has 7 heteroatoms. The van der Waals surface area contributed by atoms with Gasteiger partial charge >= 0.3 is 0 Å². The van der Waals surface area contributed by atoms with Gasteiger partial charge in [0, 0.05) is 79.5 Å². The Labute approximate surface area is 222 Å². The minimum atomic E-state index is -0.0868. The van der Waals surface area contributed by atoms with Crippen LogP contribution in [-0.2, 0) is 0 Å². The molecule has 1 fully saturated rings. The molecular weight excluding hydrogens is 474 g/mol. The van der Waals surface area contributed by atoms with Crippen LogP contribution in [0.3, 0.4) is 0 Å². The number of anilines is 2. The summed E-state index contributed by atoms with van der Waals surface area (Å²) in [6.45, 7) is 6.49. The molecule has 0 bridgehead atoms. The lowest BCUT2D eigenvalue weighted by Crippen LogP contribution is -2.44. The monoisotopic (exact) mass is 505 g/mol. The number of nitrogens with zero attached hydrogens (tertiary/aromatic N) is 4. The Balaban J connectivity index is 1.27. The molecule has 0 radical (unpaired) electrons. The van der Waals surface area contributed by atoms with Crippen LogP contribution in [0.15, 0.2) is 83.9 Å². The molecule has 1 N–H and O–H groups in total. The first-order valence-electron chi connectivity index (χ1n) is 12.9. The maximum absolute atomic E-state index is 12.9. The van der Waals surface area contributed by atoms with Crippen LogP contribution in [0, 0.1) is 6.92 Å². The van der Waals surface area contributed by atoms with Gasteiger partial charge in [-0.15, -0.1) is 0 Å². The fourth-order valence-corrected chi connectivity index (χ4v) is 5.19. The summed E-state index contributed by atoms with van der Waals surface area (Å²) >= 11 is 0. The van der Waals surface area contributed by atoms with Crippen LogP contribution in [0.2, 0.25) is 0 Å². The predicted octanol–water partition coefficient (Wildman–Crippen LogP) is 5.83. The number of aromatic nitrogens is 2. The first-order valence-corrected chi connectivity index (χ1v) is 12.9. The van der Waals surface area contributed by atoms with E-state index in [1.165, 1.54) is 11.3 Å². The number of hydrogen-bond acceptors (Lipinski definition) is 5. The lowest BCUT2D eigenvalue weighted by atomic mass is 9.99. The number of aryl methyl sites for hydroxylation is 1. The van der Waals surface area contributed by atoms with Gasteiger partial charge in [-0.1, -0.05) is 18.2 Å². The Morgan fingerprint density at radius 2 is 1.74 bits per heavy atom. The summed E-state index contributed by atoms with van der Waals surface area (Å²) in [6.07, 6.45) is 7.03. The third-order valence-electron chi connectivity index (χ3n) is 7.55. The normalized spacial score (nSPS) is 14.2. The minimum Gasteiger partial charge on any atom is -0.470 e. The molecule has 0 unspecified atom stereocenters. The molecule has 1 amide bonds. The van der Waals surface area contributed by atoms with Crippen molar-refractivity contribution in [3.8, 4) is 22.3 Å². The van der Waals surface area contributed by atoms with Crippen molar-refractivity contribution in [2.45, 2.75) is 6.92 Å². The Morgan fingerprint density at radius 1 is 0.974 bits per heavy atom. The Kier molecular flexibility index (Phi) is 6.21. The van der Waals surface area contributed by atoms with Gasteiger partial charge in [0.15, 0.2) is 0 Å². The topological polar surface area (TPSA) is 68.6 Å². The third-order valence-corrected chi connectivity index (χ3v) is 7.55. The molecule has 38 heavy (non-hydrogen) atoms. The number of pyridine rings is 1. The van der Waals surface area contributed by atoms with Crippen molar-refractivity contribution in [2.24, 2.45) is 0 Å². The van der Waals surface area contributed by atoms with E-state index < -0.39 is 0 Å². The van der Waals surface area contributed by atoms with Gasteiger partial charge in [0.25, 0.3) is 5.91 Å². The van der Waals surface area contributed by atoms with Crippen LogP contribution in [0.1, 0.15) is 15.9 Å². The van der Waals surface area contributed by atoms with E-state index in [-0.39, 0.29) is 5.91 Å². The van der Waals surface area contributed by atoms with Gasteiger partial charge in [0.05, 0.1) is 12.0 Å².